The summed E-state index contributed by atoms with van der Waals surface area (Å²) in [5, 5.41) is 0. The fourth-order valence-corrected chi connectivity index (χ4v) is 0.690. The predicted molar refractivity (Wildman–Crippen MR) is 39.5 cm³/mol. The molecule has 1 unspecified atom stereocenters. The van der Waals surface area contributed by atoms with Gasteiger partial charge in [-0.3, -0.25) is 4.79 Å². The highest BCUT2D eigenvalue weighted by Gasteiger charge is 2.14. The van der Waals surface area contributed by atoms with E-state index in [1.807, 2.05) is 6.92 Å². The minimum Gasteiger partial charge on any atom is -0.466 e. The van der Waals surface area contributed by atoms with Crippen LogP contribution >= 0.6 is 0 Å². The normalized spacial score (nSPS) is 12.7. The molecule has 0 aliphatic carbocycles. The maximum Gasteiger partial charge on any atom is 0.310 e. The van der Waals surface area contributed by atoms with Crippen molar-refractivity contribution in [3.63, 3.8) is 0 Å². The molecule has 0 amide bonds. The molecule has 3 heteroatoms. The molecule has 0 radical (unpaired) electrons. The van der Waals surface area contributed by atoms with E-state index < -0.39 is 0 Å². The summed E-state index contributed by atoms with van der Waals surface area (Å²) < 4.78 is 4.77. The summed E-state index contributed by atoms with van der Waals surface area (Å²) in [7, 11) is 0. The molecule has 0 rings (SSSR count). The largest absolute Gasteiger partial charge is 0.466 e. The SMILES string of the molecule is CCOC(=O)C(CC)CN. The van der Waals surface area contributed by atoms with Gasteiger partial charge in [0.15, 0.2) is 0 Å². The quantitative estimate of drug-likeness (QED) is 0.587. The van der Waals surface area contributed by atoms with E-state index in [1.54, 1.807) is 6.92 Å². The first-order chi connectivity index (χ1) is 4.76. The van der Waals surface area contributed by atoms with Gasteiger partial charge in [-0.05, 0) is 13.3 Å². The third kappa shape index (κ3) is 2.82. The van der Waals surface area contributed by atoms with Crippen molar-refractivity contribution >= 4 is 5.97 Å². The van der Waals surface area contributed by atoms with Gasteiger partial charge in [0.2, 0.25) is 0 Å². The Morgan fingerprint density at radius 1 is 1.60 bits per heavy atom. The van der Waals surface area contributed by atoms with Crippen LogP contribution in [0.25, 0.3) is 0 Å². The number of nitrogens with two attached hydrogens (primary N) is 1. The van der Waals surface area contributed by atoms with E-state index in [1.165, 1.54) is 0 Å². The highest BCUT2D eigenvalue weighted by molar-refractivity contribution is 5.72. The average molecular weight is 145 g/mol. The summed E-state index contributed by atoms with van der Waals surface area (Å²) >= 11 is 0. The Labute approximate surface area is 61.5 Å². The Hall–Kier alpha value is -0.570. The number of hydrogen-bond donors (Lipinski definition) is 1. The highest BCUT2D eigenvalue weighted by Crippen LogP contribution is 2.01. The number of carbonyl (C=O) groups excluding carboxylic acids is 1. The van der Waals surface area contributed by atoms with Crippen molar-refractivity contribution in [2.45, 2.75) is 20.3 Å². The van der Waals surface area contributed by atoms with Gasteiger partial charge in [-0.2, -0.15) is 0 Å². The van der Waals surface area contributed by atoms with E-state index in [0.717, 1.165) is 6.42 Å². The van der Waals surface area contributed by atoms with Gasteiger partial charge >= 0.3 is 5.97 Å². The van der Waals surface area contributed by atoms with Gasteiger partial charge in [0.05, 0.1) is 12.5 Å². The Balaban J connectivity index is 3.65. The van der Waals surface area contributed by atoms with Gasteiger partial charge in [-0.25, -0.2) is 0 Å². The summed E-state index contributed by atoms with van der Waals surface area (Å²) in [5.41, 5.74) is 5.31. The maximum atomic E-state index is 10.9. The molecule has 0 saturated heterocycles. The van der Waals surface area contributed by atoms with Crippen LogP contribution < -0.4 is 5.73 Å². The molecular formula is C7H15NO2. The lowest BCUT2D eigenvalue weighted by Crippen LogP contribution is -2.24. The van der Waals surface area contributed by atoms with Crippen molar-refractivity contribution in [3.05, 3.63) is 0 Å². The van der Waals surface area contributed by atoms with E-state index in [9.17, 15) is 4.79 Å². The molecule has 0 aromatic carbocycles. The average Bonchev–Trinajstić information content (AvgIpc) is 1.91. The number of ether oxygens (including phenoxy) is 1. The molecule has 0 aliphatic rings. The number of hydrogen-bond acceptors (Lipinski definition) is 3. The standard InChI is InChI=1S/C7H15NO2/c1-3-6(5-8)7(9)10-4-2/h6H,3-5,8H2,1-2H3. The molecule has 10 heavy (non-hydrogen) atoms. The lowest BCUT2D eigenvalue weighted by Gasteiger charge is -2.09. The molecule has 2 N–H and O–H groups in total. The highest BCUT2D eigenvalue weighted by atomic mass is 16.5. The van der Waals surface area contributed by atoms with Crippen molar-refractivity contribution in [2.24, 2.45) is 11.7 Å². The molecule has 0 spiro atoms. The number of esters is 1. The zero-order chi connectivity index (χ0) is 7.98. The van der Waals surface area contributed by atoms with Crippen molar-refractivity contribution < 1.29 is 9.53 Å². The van der Waals surface area contributed by atoms with Crippen molar-refractivity contribution in [1.29, 1.82) is 0 Å². The first kappa shape index (κ1) is 9.43. The lowest BCUT2D eigenvalue weighted by molar-refractivity contribution is -0.147. The summed E-state index contributed by atoms with van der Waals surface area (Å²) in [6, 6.07) is 0. The number of carbonyl (C=O) groups is 1. The van der Waals surface area contributed by atoms with Crippen LogP contribution in [-0.4, -0.2) is 19.1 Å². The molecule has 0 aromatic heterocycles. The van der Waals surface area contributed by atoms with Crippen LogP contribution in [0.3, 0.4) is 0 Å². The van der Waals surface area contributed by atoms with Crippen LogP contribution in [-0.2, 0) is 9.53 Å². The van der Waals surface area contributed by atoms with Crippen LogP contribution in [0, 0.1) is 5.92 Å². The Morgan fingerprint density at radius 3 is 2.50 bits per heavy atom. The van der Waals surface area contributed by atoms with E-state index >= 15 is 0 Å². The van der Waals surface area contributed by atoms with Gasteiger partial charge in [0.1, 0.15) is 0 Å². The predicted octanol–water partition coefficient (Wildman–Crippen LogP) is 0.534. The Bertz CT molecular complexity index is 99.8. The van der Waals surface area contributed by atoms with Crippen LogP contribution in [0.2, 0.25) is 0 Å². The molecule has 0 aromatic rings. The van der Waals surface area contributed by atoms with E-state index in [2.05, 4.69) is 0 Å². The van der Waals surface area contributed by atoms with Crippen LogP contribution in [0.5, 0.6) is 0 Å². The molecule has 0 aliphatic heterocycles. The van der Waals surface area contributed by atoms with Crippen LogP contribution in [0.1, 0.15) is 20.3 Å². The smallest absolute Gasteiger partial charge is 0.310 e. The lowest BCUT2D eigenvalue weighted by atomic mass is 10.1. The second-order valence-electron chi connectivity index (χ2n) is 2.09. The molecule has 3 nitrogen and oxygen atoms in total. The fraction of sp³-hybridized carbons (Fsp3) is 0.857. The molecule has 0 saturated carbocycles. The van der Waals surface area contributed by atoms with Crippen molar-refractivity contribution in [2.75, 3.05) is 13.2 Å². The zero-order valence-corrected chi connectivity index (χ0v) is 6.59. The second-order valence-corrected chi connectivity index (χ2v) is 2.09. The van der Waals surface area contributed by atoms with E-state index in [4.69, 9.17) is 10.5 Å². The van der Waals surface area contributed by atoms with Gasteiger partial charge < -0.3 is 10.5 Å². The monoisotopic (exact) mass is 145 g/mol. The van der Waals surface area contributed by atoms with Crippen LogP contribution in [0.15, 0.2) is 0 Å². The first-order valence-corrected chi connectivity index (χ1v) is 3.62. The van der Waals surface area contributed by atoms with Crippen molar-refractivity contribution in [3.8, 4) is 0 Å². The summed E-state index contributed by atoms with van der Waals surface area (Å²) in [5.74, 6) is -0.285. The third-order valence-electron chi connectivity index (χ3n) is 1.40. The molecule has 1 atom stereocenters. The van der Waals surface area contributed by atoms with Crippen molar-refractivity contribution in [1.82, 2.24) is 0 Å². The van der Waals surface area contributed by atoms with Gasteiger partial charge in [0, 0.05) is 6.54 Å². The van der Waals surface area contributed by atoms with Crippen LogP contribution in [0.4, 0.5) is 0 Å². The van der Waals surface area contributed by atoms with Gasteiger partial charge in [-0.15, -0.1) is 0 Å². The Kier molecular flexibility index (Phi) is 4.94. The maximum absolute atomic E-state index is 10.9. The topological polar surface area (TPSA) is 52.3 Å². The fourth-order valence-electron chi connectivity index (χ4n) is 0.690. The summed E-state index contributed by atoms with van der Waals surface area (Å²) in [4.78, 5) is 10.9. The Morgan fingerprint density at radius 2 is 2.20 bits per heavy atom. The van der Waals surface area contributed by atoms with E-state index in [0.29, 0.717) is 13.2 Å². The minimum absolute atomic E-state index is 0.111. The summed E-state index contributed by atoms with van der Waals surface area (Å²) in [6.07, 6.45) is 0.759. The van der Waals surface area contributed by atoms with E-state index in [-0.39, 0.29) is 11.9 Å². The molecule has 0 fully saturated rings. The summed E-state index contributed by atoms with van der Waals surface area (Å²) in [6.45, 7) is 4.54. The zero-order valence-electron chi connectivity index (χ0n) is 6.59. The molecule has 0 heterocycles. The third-order valence-corrected chi connectivity index (χ3v) is 1.40. The first-order valence-electron chi connectivity index (χ1n) is 3.62. The molecular weight excluding hydrogens is 130 g/mol. The molecule has 60 valence electrons. The van der Waals surface area contributed by atoms with Gasteiger partial charge in [-0.1, -0.05) is 6.92 Å². The minimum atomic E-state index is -0.174. The van der Waals surface area contributed by atoms with Gasteiger partial charge in [0.25, 0.3) is 0 Å². The molecule has 0 bridgehead atoms. The second kappa shape index (κ2) is 5.23. The number of rotatable bonds is 4.